The van der Waals surface area contributed by atoms with Gasteiger partial charge in [-0.05, 0) is 0 Å². The van der Waals surface area contributed by atoms with Crippen molar-refractivity contribution in [3.05, 3.63) is 0 Å². The third-order valence-electron chi connectivity index (χ3n) is 3.83. The van der Waals surface area contributed by atoms with E-state index in [1.807, 2.05) is 6.92 Å². The van der Waals surface area contributed by atoms with Crippen molar-refractivity contribution in [3.8, 4) is 0 Å². The molecule has 2 atom stereocenters. The molecule has 1 rings (SSSR count). The molecule has 1 aliphatic rings. The molecule has 1 aliphatic heterocycles. The second-order valence-electron chi connectivity index (χ2n) is 5.13. The van der Waals surface area contributed by atoms with Gasteiger partial charge in [0.25, 0.3) is 0 Å². The molecule has 1 N–H and O–H groups in total. The SMILES string of the molecule is CC(C)[C@@](C)(O)[C@H](C)C(=[Se])N1CCCC1. The first-order valence-electron chi connectivity index (χ1n) is 5.88. The fraction of sp³-hybridized carbons (Fsp3) is 0.917. The average Bonchev–Trinajstić information content (AvgIpc) is 2.67. The summed E-state index contributed by atoms with van der Waals surface area (Å²) in [5, 5.41) is 10.4. The van der Waals surface area contributed by atoms with Crippen molar-refractivity contribution in [3.63, 3.8) is 0 Å². The van der Waals surface area contributed by atoms with Gasteiger partial charge >= 0.3 is 101 Å². The van der Waals surface area contributed by atoms with E-state index in [2.05, 4.69) is 41.2 Å². The van der Waals surface area contributed by atoms with Crippen LogP contribution in [-0.4, -0.2) is 48.8 Å². The van der Waals surface area contributed by atoms with Gasteiger partial charge in [0.05, 0.1) is 0 Å². The standard InChI is InChI=1S/C12H23NOSe/c1-9(2)12(4,14)10(3)11(15)13-7-5-6-8-13/h9-10,14H,5-8H2,1-4H3/t10-,12-/m1/s1. The molecule has 88 valence electrons. The van der Waals surface area contributed by atoms with Crippen LogP contribution in [0.1, 0.15) is 40.5 Å². The van der Waals surface area contributed by atoms with Crippen molar-refractivity contribution in [2.45, 2.75) is 46.1 Å². The fourth-order valence-electron chi connectivity index (χ4n) is 1.96. The molecule has 0 aromatic rings. The van der Waals surface area contributed by atoms with Gasteiger partial charge in [0.15, 0.2) is 0 Å². The van der Waals surface area contributed by atoms with Crippen LogP contribution in [-0.2, 0) is 0 Å². The summed E-state index contributed by atoms with van der Waals surface area (Å²) in [6, 6.07) is 0. The molecule has 1 heterocycles. The molecule has 0 amide bonds. The minimum atomic E-state index is -0.622. The van der Waals surface area contributed by atoms with E-state index in [1.54, 1.807) is 0 Å². The molecular weight excluding hydrogens is 253 g/mol. The first-order chi connectivity index (χ1) is 6.87. The van der Waals surface area contributed by atoms with Gasteiger partial charge in [0.2, 0.25) is 0 Å². The van der Waals surface area contributed by atoms with Crippen molar-refractivity contribution in [1.82, 2.24) is 4.90 Å². The zero-order valence-corrected chi connectivity index (χ0v) is 12.0. The number of rotatable bonds is 4. The van der Waals surface area contributed by atoms with Crippen molar-refractivity contribution in [2.24, 2.45) is 11.8 Å². The van der Waals surface area contributed by atoms with Gasteiger partial charge in [0.1, 0.15) is 0 Å². The van der Waals surface area contributed by atoms with Gasteiger partial charge in [-0.25, -0.2) is 0 Å². The zero-order valence-electron chi connectivity index (χ0n) is 10.3. The Balaban J connectivity index is 2.66. The molecule has 0 aliphatic carbocycles. The summed E-state index contributed by atoms with van der Waals surface area (Å²) in [5.74, 6) is 0.467. The minimum absolute atomic E-state index is 0.190. The van der Waals surface area contributed by atoms with Gasteiger partial charge in [-0.1, -0.05) is 0 Å². The van der Waals surface area contributed by atoms with Crippen LogP contribution >= 0.6 is 0 Å². The van der Waals surface area contributed by atoms with Crippen LogP contribution in [0, 0.1) is 11.8 Å². The third kappa shape index (κ3) is 2.83. The number of nitrogens with zero attached hydrogens (tertiary/aromatic N) is 1. The van der Waals surface area contributed by atoms with Crippen molar-refractivity contribution in [1.29, 1.82) is 0 Å². The Labute approximate surface area is 101 Å². The van der Waals surface area contributed by atoms with Crippen LogP contribution < -0.4 is 0 Å². The van der Waals surface area contributed by atoms with E-state index in [4.69, 9.17) is 0 Å². The summed E-state index contributed by atoms with van der Waals surface area (Å²) in [6.45, 7) is 10.5. The Morgan fingerprint density at radius 1 is 1.27 bits per heavy atom. The first kappa shape index (κ1) is 13.2. The Morgan fingerprint density at radius 2 is 1.73 bits per heavy atom. The molecule has 0 spiro atoms. The van der Waals surface area contributed by atoms with Crippen LogP contribution in [0.25, 0.3) is 0 Å². The van der Waals surface area contributed by atoms with Crippen LogP contribution in [0.2, 0.25) is 0 Å². The number of likely N-dealkylation sites (tertiary alicyclic amines) is 1. The third-order valence-corrected chi connectivity index (χ3v) is 5.12. The fourth-order valence-corrected chi connectivity index (χ4v) is 2.85. The normalized spacial score (nSPS) is 22.9. The van der Waals surface area contributed by atoms with Gasteiger partial charge in [-0.3, -0.25) is 0 Å². The second kappa shape index (κ2) is 4.99. The molecule has 3 heteroatoms. The monoisotopic (exact) mass is 277 g/mol. The molecule has 0 radical (unpaired) electrons. The molecule has 1 saturated heterocycles. The summed E-state index contributed by atoms with van der Waals surface area (Å²) in [7, 11) is 0. The van der Waals surface area contributed by atoms with Gasteiger partial charge in [-0.15, -0.1) is 0 Å². The van der Waals surface area contributed by atoms with Crippen LogP contribution in [0.15, 0.2) is 0 Å². The van der Waals surface area contributed by atoms with Crippen molar-refractivity contribution < 1.29 is 5.11 Å². The van der Waals surface area contributed by atoms with Gasteiger partial charge in [-0.2, -0.15) is 0 Å². The number of aliphatic hydroxyl groups is 1. The van der Waals surface area contributed by atoms with Crippen LogP contribution in [0.4, 0.5) is 0 Å². The van der Waals surface area contributed by atoms with E-state index in [-0.39, 0.29) is 11.8 Å². The van der Waals surface area contributed by atoms with E-state index in [1.165, 1.54) is 17.4 Å². The summed E-state index contributed by atoms with van der Waals surface area (Å²) in [4.78, 5) is 2.38. The molecule has 2 nitrogen and oxygen atoms in total. The first-order valence-corrected chi connectivity index (χ1v) is 6.74. The summed E-state index contributed by atoms with van der Waals surface area (Å²) < 4.78 is 1.23. The van der Waals surface area contributed by atoms with E-state index >= 15 is 0 Å². The van der Waals surface area contributed by atoms with Crippen molar-refractivity contribution in [2.75, 3.05) is 13.1 Å². The Bertz CT molecular complexity index is 232. The summed E-state index contributed by atoms with van der Waals surface area (Å²) >= 11 is 3.16. The Kier molecular flexibility index (Phi) is 4.39. The van der Waals surface area contributed by atoms with Crippen molar-refractivity contribution >= 4 is 20.1 Å². The van der Waals surface area contributed by atoms with Crippen LogP contribution in [0.3, 0.4) is 0 Å². The quantitative estimate of drug-likeness (QED) is 0.785. The molecule has 0 saturated carbocycles. The molecule has 0 aromatic heterocycles. The summed E-state index contributed by atoms with van der Waals surface area (Å²) in [5.41, 5.74) is -0.622. The predicted octanol–water partition coefficient (Wildman–Crippen LogP) is 1.42. The van der Waals surface area contributed by atoms with E-state index in [9.17, 15) is 5.11 Å². The maximum absolute atomic E-state index is 10.4. The Morgan fingerprint density at radius 3 is 2.13 bits per heavy atom. The molecule has 0 aromatic carbocycles. The number of hydrogen-bond donors (Lipinski definition) is 1. The Hall–Kier alpha value is 0.149. The van der Waals surface area contributed by atoms with Gasteiger partial charge < -0.3 is 0 Å². The molecular formula is C12H23NOSe. The average molecular weight is 276 g/mol. The number of hydrogen-bond acceptors (Lipinski definition) is 2. The zero-order chi connectivity index (χ0) is 11.6. The molecule has 0 unspecified atom stereocenters. The molecule has 0 bridgehead atoms. The molecule has 1 fully saturated rings. The van der Waals surface area contributed by atoms with E-state index in [0.717, 1.165) is 13.1 Å². The van der Waals surface area contributed by atoms with E-state index in [0.29, 0.717) is 0 Å². The van der Waals surface area contributed by atoms with Crippen LogP contribution in [0.5, 0.6) is 0 Å². The summed E-state index contributed by atoms with van der Waals surface area (Å²) in [6.07, 6.45) is 2.56. The molecule has 15 heavy (non-hydrogen) atoms. The van der Waals surface area contributed by atoms with E-state index < -0.39 is 5.60 Å². The second-order valence-corrected chi connectivity index (χ2v) is 6.01. The van der Waals surface area contributed by atoms with Gasteiger partial charge in [0, 0.05) is 0 Å². The maximum atomic E-state index is 10.4. The topological polar surface area (TPSA) is 23.5 Å². The predicted molar refractivity (Wildman–Crippen MR) is 66.2 cm³/mol.